The van der Waals surface area contributed by atoms with Crippen LogP contribution in [0.3, 0.4) is 0 Å². The van der Waals surface area contributed by atoms with Crippen LogP contribution in [-0.2, 0) is 6.67 Å². The predicted octanol–water partition coefficient (Wildman–Crippen LogP) is -0.178. The average molecular weight is 157 g/mol. The summed E-state index contributed by atoms with van der Waals surface area (Å²) in [4.78, 5) is 13.0. The maximum atomic E-state index is 10.6. The second-order valence-electron chi connectivity index (χ2n) is 1.76. The fraction of sp³-hybridized carbons (Fsp3) is 0.200. The molecule has 0 unspecified atom stereocenters. The molecule has 0 saturated heterocycles. The summed E-state index contributed by atoms with van der Waals surface area (Å²) in [6.45, 7) is 0.287. The summed E-state index contributed by atoms with van der Waals surface area (Å²) in [7, 11) is 0. The van der Waals surface area contributed by atoms with Gasteiger partial charge in [0.25, 0.3) is 5.56 Å². The summed E-state index contributed by atoms with van der Waals surface area (Å²) in [6, 6.07) is 1.38. The Morgan fingerprint density at radius 3 is 3.00 bits per heavy atom. The second-order valence-corrected chi connectivity index (χ2v) is 2.15. The lowest BCUT2D eigenvalue weighted by atomic mass is 10.6. The van der Waals surface area contributed by atoms with Crippen molar-refractivity contribution < 1.29 is 0 Å². The highest BCUT2D eigenvalue weighted by molar-refractivity contribution is 7.71. The lowest BCUT2D eigenvalue weighted by molar-refractivity contribution is 0.691. The number of hydrogen-bond donors (Lipinski definition) is 2. The summed E-state index contributed by atoms with van der Waals surface area (Å²) in [5.74, 6) is 0. The molecule has 0 aliphatic heterocycles. The molecule has 0 aliphatic carbocycles. The van der Waals surface area contributed by atoms with E-state index in [9.17, 15) is 4.79 Å². The van der Waals surface area contributed by atoms with E-state index in [0.29, 0.717) is 4.77 Å². The Morgan fingerprint density at radius 1 is 1.80 bits per heavy atom. The van der Waals surface area contributed by atoms with Gasteiger partial charge in [-0.25, -0.2) is 0 Å². The number of rotatable bonds is 1. The molecule has 1 heterocycles. The summed E-state index contributed by atoms with van der Waals surface area (Å²) < 4.78 is 1.92. The largest absolute Gasteiger partial charge is 0.314 e. The molecule has 54 valence electrons. The molecule has 1 rings (SSSR count). The average Bonchev–Trinajstić information content (AvgIpc) is 1.88. The van der Waals surface area contributed by atoms with E-state index in [2.05, 4.69) is 4.98 Å². The van der Waals surface area contributed by atoms with Crippen molar-refractivity contribution in [1.82, 2.24) is 9.55 Å². The maximum absolute atomic E-state index is 10.6. The van der Waals surface area contributed by atoms with Gasteiger partial charge in [-0.05, 0) is 12.2 Å². The molecule has 0 aliphatic rings. The standard InChI is InChI=1S/C5H7N3OS/c6-3-8-2-1-4(9)7-5(8)10/h1-2H,3,6H2,(H,7,9,10). The van der Waals surface area contributed by atoms with E-state index in [1.807, 2.05) is 0 Å². The first-order valence-electron chi connectivity index (χ1n) is 2.74. The minimum atomic E-state index is -0.199. The summed E-state index contributed by atoms with van der Waals surface area (Å²) in [5, 5.41) is 0. The molecule has 10 heavy (non-hydrogen) atoms. The van der Waals surface area contributed by atoms with Gasteiger partial charge in [-0.3, -0.25) is 9.78 Å². The van der Waals surface area contributed by atoms with Gasteiger partial charge in [0.1, 0.15) is 0 Å². The highest BCUT2D eigenvalue weighted by Crippen LogP contribution is 1.80. The highest BCUT2D eigenvalue weighted by atomic mass is 32.1. The zero-order valence-corrected chi connectivity index (χ0v) is 6.02. The summed E-state index contributed by atoms with van der Waals surface area (Å²) >= 11 is 4.77. The SMILES string of the molecule is NCn1ccc(=O)[nH]c1=S. The smallest absolute Gasteiger partial charge is 0.251 e. The number of nitrogens with two attached hydrogens (primary N) is 1. The molecule has 0 radical (unpaired) electrons. The second kappa shape index (κ2) is 2.76. The molecule has 0 saturated carbocycles. The molecule has 5 heteroatoms. The Labute approximate surface area is 62.3 Å². The van der Waals surface area contributed by atoms with Crippen LogP contribution in [0.25, 0.3) is 0 Å². The van der Waals surface area contributed by atoms with Gasteiger partial charge in [0.2, 0.25) is 0 Å². The third-order valence-corrected chi connectivity index (χ3v) is 1.43. The lowest BCUT2D eigenvalue weighted by Crippen LogP contribution is -2.14. The van der Waals surface area contributed by atoms with Gasteiger partial charge in [0.15, 0.2) is 4.77 Å². The fourth-order valence-corrected chi connectivity index (χ4v) is 0.824. The minimum absolute atomic E-state index is 0.199. The van der Waals surface area contributed by atoms with E-state index in [4.69, 9.17) is 18.0 Å². The molecule has 4 nitrogen and oxygen atoms in total. The molecular formula is C5H7N3OS. The van der Waals surface area contributed by atoms with E-state index in [0.717, 1.165) is 0 Å². The molecular weight excluding hydrogens is 150 g/mol. The first-order chi connectivity index (χ1) is 4.74. The van der Waals surface area contributed by atoms with E-state index >= 15 is 0 Å². The van der Waals surface area contributed by atoms with Crippen molar-refractivity contribution in [2.45, 2.75) is 6.67 Å². The van der Waals surface area contributed by atoms with Crippen molar-refractivity contribution in [3.05, 3.63) is 27.4 Å². The number of H-pyrrole nitrogens is 1. The molecule has 1 aromatic heterocycles. The van der Waals surface area contributed by atoms with Crippen molar-refractivity contribution in [3.8, 4) is 0 Å². The quantitative estimate of drug-likeness (QED) is 0.556. The highest BCUT2D eigenvalue weighted by Gasteiger charge is 1.86. The van der Waals surface area contributed by atoms with Crippen LogP contribution >= 0.6 is 12.2 Å². The monoisotopic (exact) mass is 157 g/mol. The Hall–Kier alpha value is -0.940. The van der Waals surface area contributed by atoms with Crippen molar-refractivity contribution >= 4 is 12.2 Å². The van der Waals surface area contributed by atoms with Crippen molar-refractivity contribution in [2.75, 3.05) is 0 Å². The van der Waals surface area contributed by atoms with E-state index in [1.165, 1.54) is 6.07 Å². The van der Waals surface area contributed by atoms with Gasteiger partial charge in [0.05, 0.1) is 6.67 Å². The van der Waals surface area contributed by atoms with Crippen molar-refractivity contribution in [2.24, 2.45) is 5.73 Å². The molecule has 0 aromatic carbocycles. The molecule has 0 spiro atoms. The van der Waals surface area contributed by atoms with Gasteiger partial charge >= 0.3 is 0 Å². The Morgan fingerprint density at radius 2 is 2.50 bits per heavy atom. The molecule has 0 bridgehead atoms. The van der Waals surface area contributed by atoms with Crippen LogP contribution < -0.4 is 11.3 Å². The van der Waals surface area contributed by atoms with E-state index < -0.39 is 0 Å². The van der Waals surface area contributed by atoms with Crippen LogP contribution in [0.2, 0.25) is 0 Å². The number of nitrogens with zero attached hydrogens (tertiary/aromatic N) is 1. The van der Waals surface area contributed by atoms with Gasteiger partial charge in [-0.1, -0.05) is 0 Å². The van der Waals surface area contributed by atoms with Gasteiger partial charge in [-0.2, -0.15) is 0 Å². The Balaban J connectivity index is 3.34. The molecule has 0 fully saturated rings. The molecule has 0 amide bonds. The van der Waals surface area contributed by atoms with E-state index in [-0.39, 0.29) is 12.2 Å². The van der Waals surface area contributed by atoms with Crippen molar-refractivity contribution in [1.29, 1.82) is 0 Å². The molecule has 1 aromatic rings. The number of aromatic nitrogens is 2. The maximum Gasteiger partial charge on any atom is 0.251 e. The Bertz CT molecular complexity index is 326. The zero-order valence-electron chi connectivity index (χ0n) is 5.20. The zero-order chi connectivity index (χ0) is 7.56. The molecule has 3 N–H and O–H groups in total. The van der Waals surface area contributed by atoms with Gasteiger partial charge in [0, 0.05) is 12.3 Å². The number of nitrogens with one attached hydrogen (secondary N) is 1. The van der Waals surface area contributed by atoms with Crippen LogP contribution in [0.1, 0.15) is 0 Å². The van der Waals surface area contributed by atoms with Crippen LogP contribution in [0.4, 0.5) is 0 Å². The number of aromatic amines is 1. The van der Waals surface area contributed by atoms with Crippen LogP contribution in [0.15, 0.2) is 17.1 Å². The predicted molar refractivity (Wildman–Crippen MR) is 40.1 cm³/mol. The topological polar surface area (TPSA) is 63.8 Å². The van der Waals surface area contributed by atoms with Crippen molar-refractivity contribution in [3.63, 3.8) is 0 Å². The first-order valence-corrected chi connectivity index (χ1v) is 3.14. The van der Waals surface area contributed by atoms with E-state index in [1.54, 1.807) is 10.8 Å². The minimum Gasteiger partial charge on any atom is -0.314 e. The van der Waals surface area contributed by atoms with Gasteiger partial charge < -0.3 is 10.3 Å². The Kier molecular flexibility index (Phi) is 1.98. The normalized spacial score (nSPS) is 9.70. The molecule has 0 atom stereocenters. The third kappa shape index (κ3) is 1.31. The van der Waals surface area contributed by atoms with Crippen LogP contribution in [-0.4, -0.2) is 9.55 Å². The summed E-state index contributed by atoms with van der Waals surface area (Å²) in [5.41, 5.74) is 5.08. The third-order valence-electron chi connectivity index (χ3n) is 1.09. The van der Waals surface area contributed by atoms with Crippen LogP contribution in [0.5, 0.6) is 0 Å². The first kappa shape index (κ1) is 7.17. The van der Waals surface area contributed by atoms with Gasteiger partial charge in [-0.15, -0.1) is 0 Å². The summed E-state index contributed by atoms with van der Waals surface area (Å²) in [6.07, 6.45) is 1.56. The van der Waals surface area contributed by atoms with Crippen LogP contribution in [0, 0.1) is 4.77 Å². The lowest BCUT2D eigenvalue weighted by Gasteiger charge is -1.98. The number of hydrogen-bond acceptors (Lipinski definition) is 3. The fourth-order valence-electron chi connectivity index (χ4n) is 0.588.